The van der Waals surface area contributed by atoms with E-state index in [1.165, 1.54) is 49.7 Å². The van der Waals surface area contributed by atoms with E-state index >= 15 is 0 Å². The third-order valence-corrected chi connectivity index (χ3v) is 7.01. The molecule has 0 aliphatic carbocycles. The summed E-state index contributed by atoms with van der Waals surface area (Å²) in [5.41, 5.74) is 3.06. The minimum absolute atomic E-state index is 0.0543. The van der Waals surface area contributed by atoms with E-state index in [2.05, 4.69) is 20.9 Å². The number of benzene rings is 3. The first-order valence-corrected chi connectivity index (χ1v) is 13.3. The number of amides is 1. The van der Waals surface area contributed by atoms with E-state index in [1.54, 1.807) is 18.2 Å². The molecule has 1 amide bonds. The summed E-state index contributed by atoms with van der Waals surface area (Å²) in [5.74, 6) is -6.57. The van der Waals surface area contributed by atoms with Crippen molar-refractivity contribution < 1.29 is 45.0 Å². The van der Waals surface area contributed by atoms with Crippen molar-refractivity contribution in [1.29, 1.82) is 0 Å². The number of rotatable bonds is 9. The van der Waals surface area contributed by atoms with Gasteiger partial charge in [-0.05, 0) is 65.7 Å². The third kappa shape index (κ3) is 6.86. The minimum atomic E-state index is -5.90. The molecule has 2 atom stereocenters. The van der Waals surface area contributed by atoms with Gasteiger partial charge in [0.05, 0.1) is 19.4 Å². The monoisotopic (exact) mass is 635 g/mol. The van der Waals surface area contributed by atoms with Gasteiger partial charge in [-0.1, -0.05) is 12.1 Å². The first-order chi connectivity index (χ1) is 21.4. The van der Waals surface area contributed by atoms with Crippen molar-refractivity contribution in [3.05, 3.63) is 107 Å². The molecule has 0 spiro atoms. The van der Waals surface area contributed by atoms with Gasteiger partial charge in [0.1, 0.15) is 41.6 Å². The van der Waals surface area contributed by atoms with Crippen molar-refractivity contribution in [2.75, 3.05) is 12.4 Å². The maximum Gasteiger partial charge on any atom is 0.455 e. The molecular formula is C30H24F7N5O3. The van der Waals surface area contributed by atoms with Gasteiger partial charge in [-0.3, -0.25) is 4.79 Å². The van der Waals surface area contributed by atoms with Crippen molar-refractivity contribution >= 4 is 17.9 Å². The molecule has 5 rings (SSSR count). The quantitative estimate of drug-likeness (QED) is 0.120. The highest BCUT2D eigenvalue weighted by molar-refractivity contribution is 5.94. The number of nitrogens with one attached hydrogen (secondary N) is 2. The van der Waals surface area contributed by atoms with Gasteiger partial charge in [0.15, 0.2) is 5.69 Å². The van der Waals surface area contributed by atoms with E-state index in [0.717, 1.165) is 18.2 Å². The van der Waals surface area contributed by atoms with Gasteiger partial charge in [-0.2, -0.15) is 32.2 Å². The van der Waals surface area contributed by atoms with E-state index in [-0.39, 0.29) is 18.0 Å². The first kappa shape index (κ1) is 31.3. The number of aromatic nitrogens is 2. The average molecular weight is 636 g/mol. The van der Waals surface area contributed by atoms with Gasteiger partial charge in [0.25, 0.3) is 5.91 Å². The van der Waals surface area contributed by atoms with Gasteiger partial charge in [0.2, 0.25) is 0 Å². The Labute approximate surface area is 251 Å². The SMILES string of the molecule is COc1ccc(/C=N\NC(=O)c2cc3n(n2)[C@H](C(F)(F)C(F)(F)F)C[C@H](c2ccc(F)cc2)N3)cc1COc1ccc(F)cc1. The van der Waals surface area contributed by atoms with E-state index in [9.17, 15) is 35.5 Å². The van der Waals surface area contributed by atoms with Crippen LogP contribution in [0.5, 0.6) is 11.5 Å². The highest BCUT2D eigenvalue weighted by Gasteiger charge is 2.64. The van der Waals surface area contributed by atoms with Gasteiger partial charge in [-0.15, -0.1) is 0 Å². The standard InChI is InChI=1S/C30H24F7N5O3/c1-44-25-11-2-17(12-19(25)16-45-22-9-7-21(32)8-10-22)15-38-40-28(43)24-14-27-39-23(18-3-5-20(31)6-4-18)13-26(42(27)41-24)29(33,34)30(35,36)37/h2-12,14-15,23,26,39H,13,16H2,1H3,(H,40,43)/b38-15-/t23-,26+/m1/s1. The average Bonchev–Trinajstić information content (AvgIpc) is 3.44. The summed E-state index contributed by atoms with van der Waals surface area (Å²) in [7, 11) is 1.46. The van der Waals surface area contributed by atoms with Crippen molar-refractivity contribution in [1.82, 2.24) is 15.2 Å². The Morgan fingerprint density at radius 2 is 1.69 bits per heavy atom. The fourth-order valence-corrected chi connectivity index (χ4v) is 4.72. The second-order valence-electron chi connectivity index (χ2n) is 9.99. The van der Waals surface area contributed by atoms with Crippen LogP contribution >= 0.6 is 0 Å². The van der Waals surface area contributed by atoms with Gasteiger partial charge >= 0.3 is 12.1 Å². The molecule has 2 N–H and O–H groups in total. The number of hydrogen-bond acceptors (Lipinski definition) is 6. The van der Waals surface area contributed by atoms with Crippen LogP contribution in [0, 0.1) is 11.6 Å². The molecule has 4 aromatic rings. The van der Waals surface area contributed by atoms with Crippen molar-refractivity contribution in [2.45, 2.75) is 37.2 Å². The van der Waals surface area contributed by atoms with Crippen LogP contribution in [0.1, 0.15) is 45.7 Å². The van der Waals surface area contributed by atoms with Gasteiger partial charge < -0.3 is 14.8 Å². The number of hydrogen-bond donors (Lipinski definition) is 2. The van der Waals surface area contributed by atoms with Crippen LogP contribution in [0.3, 0.4) is 0 Å². The first-order valence-electron chi connectivity index (χ1n) is 13.3. The van der Waals surface area contributed by atoms with Crippen LogP contribution in [0.25, 0.3) is 0 Å². The molecule has 236 valence electrons. The minimum Gasteiger partial charge on any atom is -0.496 e. The molecule has 0 fully saturated rings. The van der Waals surface area contributed by atoms with Crippen molar-refractivity contribution in [3.8, 4) is 11.5 Å². The van der Waals surface area contributed by atoms with Gasteiger partial charge in [-0.25, -0.2) is 18.9 Å². The largest absolute Gasteiger partial charge is 0.496 e. The summed E-state index contributed by atoms with van der Waals surface area (Å²) in [4.78, 5) is 12.8. The van der Waals surface area contributed by atoms with Crippen LogP contribution in [0.15, 0.2) is 77.9 Å². The number of ether oxygens (including phenoxy) is 2. The molecule has 1 aromatic heterocycles. The third-order valence-electron chi connectivity index (χ3n) is 7.01. The highest BCUT2D eigenvalue weighted by atomic mass is 19.4. The van der Waals surface area contributed by atoms with Crippen LogP contribution in [-0.4, -0.2) is 41.1 Å². The Morgan fingerprint density at radius 3 is 2.33 bits per heavy atom. The van der Waals surface area contributed by atoms with E-state index in [1.807, 2.05) is 0 Å². The van der Waals surface area contributed by atoms with E-state index in [0.29, 0.717) is 27.3 Å². The predicted octanol–water partition coefficient (Wildman–Crippen LogP) is 6.81. The normalized spacial score (nSPS) is 16.6. The fourth-order valence-electron chi connectivity index (χ4n) is 4.72. The predicted molar refractivity (Wildman–Crippen MR) is 148 cm³/mol. The zero-order valence-electron chi connectivity index (χ0n) is 23.3. The Kier molecular flexibility index (Phi) is 8.71. The molecule has 0 saturated carbocycles. The number of carbonyl (C=O) groups excluding carboxylic acids is 1. The molecule has 0 unspecified atom stereocenters. The highest BCUT2D eigenvalue weighted by Crippen LogP contribution is 2.50. The van der Waals surface area contributed by atoms with Crippen LogP contribution < -0.4 is 20.2 Å². The Morgan fingerprint density at radius 1 is 1.02 bits per heavy atom. The van der Waals surface area contributed by atoms with Crippen LogP contribution in [0.2, 0.25) is 0 Å². The molecule has 8 nitrogen and oxygen atoms in total. The summed E-state index contributed by atoms with van der Waals surface area (Å²) in [6.45, 7) is 0.0543. The fraction of sp³-hybridized carbons (Fsp3) is 0.233. The number of hydrazone groups is 1. The topological polar surface area (TPSA) is 89.8 Å². The maximum absolute atomic E-state index is 14.7. The number of nitrogens with zero attached hydrogens (tertiary/aromatic N) is 3. The summed E-state index contributed by atoms with van der Waals surface area (Å²) in [6.07, 6.45) is -5.39. The number of fused-ring (bicyclic) bond motifs is 1. The molecule has 0 saturated heterocycles. The zero-order valence-corrected chi connectivity index (χ0v) is 23.3. The van der Waals surface area contributed by atoms with Crippen molar-refractivity contribution in [2.24, 2.45) is 5.10 Å². The summed E-state index contributed by atoms with van der Waals surface area (Å²) >= 11 is 0. The molecular weight excluding hydrogens is 611 g/mol. The van der Waals surface area contributed by atoms with Crippen LogP contribution in [0.4, 0.5) is 36.6 Å². The number of methoxy groups -OCH3 is 1. The lowest BCUT2D eigenvalue weighted by molar-refractivity contribution is -0.301. The number of anilines is 1. The lowest BCUT2D eigenvalue weighted by atomic mass is 9.93. The van der Waals surface area contributed by atoms with Gasteiger partial charge in [0, 0.05) is 18.1 Å². The maximum atomic E-state index is 14.7. The summed E-state index contributed by atoms with van der Waals surface area (Å²) < 4.78 is 108. The number of halogens is 7. The Balaban J connectivity index is 1.33. The molecule has 15 heteroatoms. The molecule has 1 aliphatic heterocycles. The Hall–Kier alpha value is -5.08. The molecule has 45 heavy (non-hydrogen) atoms. The number of alkyl halides is 5. The zero-order chi connectivity index (χ0) is 32.4. The molecule has 1 aliphatic rings. The molecule has 2 heterocycles. The van der Waals surface area contributed by atoms with E-state index in [4.69, 9.17) is 9.47 Å². The molecule has 0 bridgehead atoms. The summed E-state index contributed by atoms with van der Waals surface area (Å²) in [6, 6.07) is 12.4. The molecule has 3 aromatic carbocycles. The van der Waals surface area contributed by atoms with Crippen molar-refractivity contribution in [3.63, 3.8) is 0 Å². The lowest BCUT2D eigenvalue weighted by Gasteiger charge is -2.37. The second kappa shape index (κ2) is 12.5. The second-order valence-corrected chi connectivity index (χ2v) is 9.99. The lowest BCUT2D eigenvalue weighted by Crippen LogP contribution is -2.47. The summed E-state index contributed by atoms with van der Waals surface area (Å²) in [5, 5.41) is 10.4. The van der Waals surface area contributed by atoms with E-state index < -0.39 is 53.8 Å². The smallest absolute Gasteiger partial charge is 0.455 e. The molecule has 0 radical (unpaired) electrons. The number of carbonyl (C=O) groups is 1. The van der Waals surface area contributed by atoms with Crippen LogP contribution in [-0.2, 0) is 6.61 Å². The Bertz CT molecular complexity index is 1690.